The maximum Gasteiger partial charge on any atom is 0.340 e. The van der Waals surface area contributed by atoms with Gasteiger partial charge in [-0.1, -0.05) is 15.9 Å². The highest BCUT2D eigenvalue weighted by molar-refractivity contribution is 9.10. The normalized spacial score (nSPS) is 17.0. The summed E-state index contributed by atoms with van der Waals surface area (Å²) in [4.78, 5) is 24.7. The Hall–Kier alpha value is -2.53. The zero-order valence-corrected chi connectivity index (χ0v) is 15.3. The van der Waals surface area contributed by atoms with Gasteiger partial charge in [0.2, 0.25) is 5.88 Å². The average Bonchev–Trinajstić information content (AvgIpc) is 2.56. The Kier molecular flexibility index (Phi) is 6.04. The second kappa shape index (κ2) is 8.03. The van der Waals surface area contributed by atoms with E-state index in [9.17, 15) is 14.9 Å². The Bertz CT molecular complexity index is 769. The van der Waals surface area contributed by atoms with Gasteiger partial charge in [0.1, 0.15) is 11.3 Å². The quantitative estimate of drug-likeness (QED) is 0.743. The highest BCUT2D eigenvalue weighted by Gasteiger charge is 2.43. The van der Waals surface area contributed by atoms with E-state index in [1.54, 1.807) is 32.0 Å². The van der Waals surface area contributed by atoms with E-state index in [2.05, 4.69) is 15.9 Å². The highest BCUT2D eigenvalue weighted by atomic mass is 79.9. The molecule has 0 bridgehead atoms. The van der Waals surface area contributed by atoms with Crippen molar-refractivity contribution in [3.05, 3.63) is 39.7 Å². The molecule has 0 unspecified atom stereocenters. The van der Waals surface area contributed by atoms with Crippen LogP contribution in [0.1, 0.15) is 25.3 Å². The highest BCUT2D eigenvalue weighted by Crippen LogP contribution is 2.44. The molecule has 0 aromatic heterocycles. The molecule has 1 aromatic carbocycles. The summed E-state index contributed by atoms with van der Waals surface area (Å²) >= 11 is 3.34. The lowest BCUT2D eigenvalue weighted by Gasteiger charge is -2.30. The summed E-state index contributed by atoms with van der Waals surface area (Å²) < 4.78 is 16.2. The zero-order chi connectivity index (χ0) is 18.6. The minimum Gasteiger partial charge on any atom is -0.465 e. The molecule has 2 rings (SSSR count). The molecule has 0 saturated heterocycles. The standard InChI is InChI=1S/C17H17BrN2O5/c1-3-23-16(21)11(8-19)13-10-7-9(18)5-6-12(10)25-15(20)14(13)17(22)24-4-2/h5-7,11,13H,3-4,20H2,1-2H3/t11-,13-/m1/s1. The van der Waals surface area contributed by atoms with Gasteiger partial charge in [-0.3, -0.25) is 4.79 Å². The summed E-state index contributed by atoms with van der Waals surface area (Å²) in [5.74, 6) is -3.53. The first-order chi connectivity index (χ1) is 11.9. The van der Waals surface area contributed by atoms with Crippen LogP contribution in [0.3, 0.4) is 0 Å². The van der Waals surface area contributed by atoms with Gasteiger partial charge < -0.3 is 19.9 Å². The zero-order valence-electron chi connectivity index (χ0n) is 13.7. The Balaban J connectivity index is 2.63. The van der Waals surface area contributed by atoms with Crippen molar-refractivity contribution in [2.24, 2.45) is 11.7 Å². The number of fused-ring (bicyclic) bond motifs is 1. The van der Waals surface area contributed by atoms with Crippen molar-refractivity contribution in [2.45, 2.75) is 19.8 Å². The molecule has 0 saturated carbocycles. The predicted octanol–water partition coefficient (Wildman–Crippen LogP) is 2.36. The van der Waals surface area contributed by atoms with Crippen LogP contribution < -0.4 is 10.5 Å². The fourth-order valence-electron chi connectivity index (χ4n) is 2.62. The third kappa shape index (κ3) is 3.77. The van der Waals surface area contributed by atoms with Crippen molar-refractivity contribution in [3.8, 4) is 11.8 Å². The minimum atomic E-state index is -1.27. The Labute approximate surface area is 153 Å². The molecule has 0 fully saturated rings. The van der Waals surface area contributed by atoms with E-state index in [1.165, 1.54) is 0 Å². The molecule has 1 aromatic rings. The Morgan fingerprint density at radius 1 is 1.36 bits per heavy atom. The van der Waals surface area contributed by atoms with E-state index >= 15 is 0 Å². The summed E-state index contributed by atoms with van der Waals surface area (Å²) in [5.41, 5.74) is 6.32. The van der Waals surface area contributed by atoms with Crippen LogP contribution in [-0.4, -0.2) is 25.2 Å². The summed E-state index contributed by atoms with van der Waals surface area (Å²) in [5, 5.41) is 9.57. The number of benzene rings is 1. The van der Waals surface area contributed by atoms with E-state index in [-0.39, 0.29) is 24.7 Å². The molecule has 8 heteroatoms. The van der Waals surface area contributed by atoms with Crippen LogP contribution in [0.25, 0.3) is 0 Å². The molecule has 1 aliphatic heterocycles. The monoisotopic (exact) mass is 408 g/mol. The van der Waals surface area contributed by atoms with Crippen LogP contribution in [-0.2, 0) is 19.1 Å². The van der Waals surface area contributed by atoms with Gasteiger partial charge in [-0.15, -0.1) is 0 Å². The number of nitrogens with zero attached hydrogens (tertiary/aromatic N) is 1. The number of carbonyl (C=O) groups excluding carboxylic acids is 2. The van der Waals surface area contributed by atoms with Gasteiger partial charge in [0.15, 0.2) is 5.92 Å². The van der Waals surface area contributed by atoms with Gasteiger partial charge in [0, 0.05) is 10.0 Å². The van der Waals surface area contributed by atoms with Crippen molar-refractivity contribution in [2.75, 3.05) is 13.2 Å². The van der Waals surface area contributed by atoms with Crippen molar-refractivity contribution in [1.29, 1.82) is 5.26 Å². The molecule has 0 radical (unpaired) electrons. The van der Waals surface area contributed by atoms with Crippen LogP contribution in [0.2, 0.25) is 0 Å². The number of hydrogen-bond donors (Lipinski definition) is 1. The van der Waals surface area contributed by atoms with Crippen molar-refractivity contribution in [3.63, 3.8) is 0 Å². The third-order valence-corrected chi connectivity index (χ3v) is 4.10. The van der Waals surface area contributed by atoms with E-state index in [4.69, 9.17) is 19.9 Å². The molecule has 1 heterocycles. The van der Waals surface area contributed by atoms with Crippen molar-refractivity contribution < 1.29 is 23.8 Å². The summed E-state index contributed by atoms with van der Waals surface area (Å²) in [6.07, 6.45) is 0. The molecule has 7 nitrogen and oxygen atoms in total. The molecule has 25 heavy (non-hydrogen) atoms. The molecule has 2 N–H and O–H groups in total. The number of nitriles is 1. The molecule has 0 spiro atoms. The van der Waals surface area contributed by atoms with Gasteiger partial charge in [-0.2, -0.15) is 5.26 Å². The van der Waals surface area contributed by atoms with Gasteiger partial charge in [-0.05, 0) is 32.0 Å². The van der Waals surface area contributed by atoms with Crippen LogP contribution in [0.5, 0.6) is 5.75 Å². The SMILES string of the molecule is CCOC(=O)C1=C(N)Oc2ccc(Br)cc2[C@@H]1[C@@H](C#N)C(=O)OCC. The number of carbonyl (C=O) groups is 2. The summed E-state index contributed by atoms with van der Waals surface area (Å²) in [6.45, 7) is 3.51. The lowest BCUT2D eigenvalue weighted by atomic mass is 9.79. The van der Waals surface area contributed by atoms with Crippen LogP contribution in [0.4, 0.5) is 0 Å². The molecular weight excluding hydrogens is 392 g/mol. The maximum atomic E-state index is 12.4. The number of nitrogens with two attached hydrogens (primary N) is 1. The van der Waals surface area contributed by atoms with Crippen molar-refractivity contribution in [1.82, 2.24) is 0 Å². The van der Waals surface area contributed by atoms with Crippen LogP contribution in [0, 0.1) is 17.2 Å². The van der Waals surface area contributed by atoms with E-state index in [1.807, 2.05) is 6.07 Å². The lowest BCUT2D eigenvalue weighted by molar-refractivity contribution is -0.146. The van der Waals surface area contributed by atoms with Crippen LogP contribution in [0.15, 0.2) is 34.1 Å². The first-order valence-corrected chi connectivity index (χ1v) is 8.44. The minimum absolute atomic E-state index is 0.0629. The number of halogens is 1. The number of ether oxygens (including phenoxy) is 3. The first kappa shape index (κ1) is 18.8. The maximum absolute atomic E-state index is 12.4. The molecule has 0 amide bonds. The topological polar surface area (TPSA) is 112 Å². The fourth-order valence-corrected chi connectivity index (χ4v) is 2.99. The molecule has 2 atom stereocenters. The Morgan fingerprint density at radius 3 is 2.64 bits per heavy atom. The van der Waals surface area contributed by atoms with Gasteiger partial charge >= 0.3 is 11.9 Å². The Morgan fingerprint density at radius 2 is 2.04 bits per heavy atom. The second-order valence-corrected chi connectivity index (χ2v) is 6.03. The largest absolute Gasteiger partial charge is 0.465 e. The average molecular weight is 409 g/mol. The smallest absolute Gasteiger partial charge is 0.340 e. The fraction of sp³-hybridized carbons (Fsp3) is 0.353. The van der Waals surface area contributed by atoms with Crippen molar-refractivity contribution >= 4 is 27.9 Å². The second-order valence-electron chi connectivity index (χ2n) is 5.12. The predicted molar refractivity (Wildman–Crippen MR) is 91.1 cm³/mol. The van der Waals surface area contributed by atoms with Gasteiger partial charge in [0.25, 0.3) is 0 Å². The molecular formula is C17H17BrN2O5. The number of hydrogen-bond acceptors (Lipinski definition) is 7. The van der Waals surface area contributed by atoms with Gasteiger partial charge in [0.05, 0.1) is 25.2 Å². The lowest BCUT2D eigenvalue weighted by Crippen LogP contribution is -2.33. The van der Waals surface area contributed by atoms with Crippen LogP contribution >= 0.6 is 15.9 Å². The molecule has 132 valence electrons. The summed E-state index contributed by atoms with van der Waals surface area (Å²) in [7, 11) is 0. The van der Waals surface area contributed by atoms with E-state index in [0.29, 0.717) is 15.8 Å². The molecule has 1 aliphatic rings. The number of esters is 2. The van der Waals surface area contributed by atoms with E-state index in [0.717, 1.165) is 0 Å². The van der Waals surface area contributed by atoms with Gasteiger partial charge in [-0.25, -0.2) is 4.79 Å². The number of rotatable bonds is 5. The third-order valence-electron chi connectivity index (χ3n) is 3.61. The van der Waals surface area contributed by atoms with E-state index < -0.39 is 23.8 Å². The first-order valence-electron chi connectivity index (χ1n) is 7.64. The molecule has 0 aliphatic carbocycles. The summed E-state index contributed by atoms with van der Waals surface area (Å²) in [6, 6.07) is 6.96.